The summed E-state index contributed by atoms with van der Waals surface area (Å²) < 4.78 is 0. The molecule has 15 heavy (non-hydrogen) atoms. The maximum atomic E-state index is 3.42. The first kappa shape index (κ1) is 11.0. The van der Waals surface area contributed by atoms with Crippen molar-refractivity contribution in [1.82, 2.24) is 5.32 Å². The van der Waals surface area contributed by atoms with Crippen molar-refractivity contribution in [3.05, 3.63) is 29.8 Å². The van der Waals surface area contributed by atoms with Gasteiger partial charge in [0, 0.05) is 4.90 Å². The molecule has 0 spiro atoms. The fourth-order valence-electron chi connectivity index (χ4n) is 2.01. The van der Waals surface area contributed by atoms with Crippen molar-refractivity contribution in [2.45, 2.75) is 24.7 Å². The van der Waals surface area contributed by atoms with E-state index < -0.39 is 0 Å². The molecule has 1 nitrogen and oxygen atoms in total. The Morgan fingerprint density at radius 2 is 2.27 bits per heavy atom. The summed E-state index contributed by atoms with van der Waals surface area (Å²) in [6.07, 6.45) is 2.72. The molecule has 2 heteroatoms. The van der Waals surface area contributed by atoms with Crippen molar-refractivity contribution in [1.29, 1.82) is 0 Å². The van der Waals surface area contributed by atoms with Crippen LogP contribution in [-0.4, -0.2) is 18.8 Å². The van der Waals surface area contributed by atoms with Crippen LogP contribution >= 0.6 is 11.8 Å². The van der Waals surface area contributed by atoms with Crippen LogP contribution in [0.1, 0.15) is 18.4 Å². The first-order chi connectivity index (χ1) is 7.36. The van der Waals surface area contributed by atoms with Gasteiger partial charge in [-0.2, -0.15) is 0 Å². The molecule has 1 aliphatic heterocycles. The third-order valence-corrected chi connectivity index (χ3v) is 4.25. The minimum Gasteiger partial charge on any atom is -0.316 e. The second kappa shape index (κ2) is 5.57. The third-order valence-electron chi connectivity index (χ3n) is 3.04. The van der Waals surface area contributed by atoms with E-state index in [0.29, 0.717) is 0 Å². The van der Waals surface area contributed by atoms with Gasteiger partial charge in [-0.15, -0.1) is 11.8 Å². The Labute approximate surface area is 96.7 Å². The van der Waals surface area contributed by atoms with Gasteiger partial charge >= 0.3 is 0 Å². The highest BCUT2D eigenvalue weighted by Crippen LogP contribution is 2.24. The van der Waals surface area contributed by atoms with Crippen molar-refractivity contribution in [3.8, 4) is 0 Å². The molecule has 1 aliphatic rings. The van der Waals surface area contributed by atoms with Gasteiger partial charge in [0.15, 0.2) is 0 Å². The highest BCUT2D eigenvalue weighted by molar-refractivity contribution is 7.99. The van der Waals surface area contributed by atoms with Gasteiger partial charge in [0.2, 0.25) is 0 Å². The lowest BCUT2D eigenvalue weighted by atomic mass is 10.1. The summed E-state index contributed by atoms with van der Waals surface area (Å²) in [6, 6.07) is 8.67. The van der Waals surface area contributed by atoms with E-state index in [4.69, 9.17) is 0 Å². The zero-order valence-electron chi connectivity index (χ0n) is 9.33. The fourth-order valence-corrected chi connectivity index (χ4v) is 3.16. The normalized spacial score (nSPS) is 20.7. The van der Waals surface area contributed by atoms with E-state index in [1.165, 1.54) is 42.1 Å². The molecule has 1 unspecified atom stereocenters. The predicted octanol–water partition coefficient (Wildman–Crippen LogP) is 3.09. The second-order valence-electron chi connectivity index (χ2n) is 4.26. The van der Waals surface area contributed by atoms with Crippen LogP contribution in [0.15, 0.2) is 29.2 Å². The number of benzene rings is 1. The lowest BCUT2D eigenvalue weighted by Crippen LogP contribution is -2.09. The first-order valence-electron chi connectivity index (χ1n) is 5.75. The molecule has 1 saturated heterocycles. The van der Waals surface area contributed by atoms with Crippen LogP contribution in [0.4, 0.5) is 0 Å². The van der Waals surface area contributed by atoms with Crippen LogP contribution < -0.4 is 5.32 Å². The molecule has 0 amide bonds. The Hall–Kier alpha value is -0.470. The lowest BCUT2D eigenvalue weighted by Gasteiger charge is -2.08. The molecule has 1 aromatic carbocycles. The highest BCUT2D eigenvalue weighted by atomic mass is 32.2. The molecule has 0 aliphatic carbocycles. The Morgan fingerprint density at radius 3 is 3.00 bits per heavy atom. The average Bonchev–Trinajstić information content (AvgIpc) is 2.74. The van der Waals surface area contributed by atoms with E-state index in [-0.39, 0.29) is 0 Å². The summed E-state index contributed by atoms with van der Waals surface area (Å²) in [6.45, 7) is 4.65. The predicted molar refractivity (Wildman–Crippen MR) is 67.5 cm³/mol. The summed E-state index contributed by atoms with van der Waals surface area (Å²) in [4.78, 5) is 1.45. The fraction of sp³-hybridized carbons (Fsp3) is 0.538. The summed E-state index contributed by atoms with van der Waals surface area (Å²) in [5.74, 6) is 2.18. The molecular weight excluding hydrogens is 202 g/mol. The van der Waals surface area contributed by atoms with Crippen LogP contribution in [-0.2, 0) is 0 Å². The van der Waals surface area contributed by atoms with Crippen LogP contribution in [0.25, 0.3) is 0 Å². The number of hydrogen-bond acceptors (Lipinski definition) is 2. The van der Waals surface area contributed by atoms with Gasteiger partial charge in [-0.1, -0.05) is 18.2 Å². The Kier molecular flexibility index (Phi) is 4.09. The van der Waals surface area contributed by atoms with Gasteiger partial charge in [0.05, 0.1) is 0 Å². The second-order valence-corrected chi connectivity index (χ2v) is 5.40. The van der Waals surface area contributed by atoms with E-state index in [0.717, 1.165) is 5.92 Å². The van der Waals surface area contributed by atoms with E-state index in [1.54, 1.807) is 0 Å². The quantitative estimate of drug-likeness (QED) is 0.784. The van der Waals surface area contributed by atoms with Crippen molar-refractivity contribution in [2.75, 3.05) is 18.8 Å². The summed E-state index contributed by atoms with van der Waals surface area (Å²) >= 11 is 2.01. The highest BCUT2D eigenvalue weighted by Gasteiger charge is 2.13. The Balaban J connectivity index is 1.75. The molecule has 82 valence electrons. The van der Waals surface area contributed by atoms with Crippen molar-refractivity contribution in [2.24, 2.45) is 5.92 Å². The molecule has 1 aromatic rings. The van der Waals surface area contributed by atoms with Gasteiger partial charge in [0.1, 0.15) is 0 Å². The van der Waals surface area contributed by atoms with Crippen LogP contribution in [0.5, 0.6) is 0 Å². The molecule has 0 bridgehead atoms. The van der Waals surface area contributed by atoms with E-state index in [2.05, 4.69) is 36.5 Å². The summed E-state index contributed by atoms with van der Waals surface area (Å²) in [7, 11) is 0. The molecule has 0 radical (unpaired) electrons. The van der Waals surface area contributed by atoms with Crippen LogP contribution in [0, 0.1) is 12.8 Å². The topological polar surface area (TPSA) is 12.0 Å². The minimum absolute atomic E-state index is 0.918. The van der Waals surface area contributed by atoms with Crippen molar-refractivity contribution >= 4 is 11.8 Å². The number of nitrogens with one attached hydrogen (secondary N) is 1. The van der Waals surface area contributed by atoms with Crippen LogP contribution in [0.3, 0.4) is 0 Å². The van der Waals surface area contributed by atoms with Gasteiger partial charge in [-0.05, 0) is 56.2 Å². The summed E-state index contributed by atoms with van der Waals surface area (Å²) in [5, 5.41) is 3.42. The maximum absolute atomic E-state index is 3.42. The zero-order valence-corrected chi connectivity index (χ0v) is 10.1. The standard InChI is InChI=1S/C13H19NS/c1-11-4-2-3-5-13(11)15-9-7-12-6-8-14-10-12/h2-5,12,14H,6-10H2,1H3. The van der Waals surface area contributed by atoms with Gasteiger partial charge < -0.3 is 5.32 Å². The van der Waals surface area contributed by atoms with E-state index in [9.17, 15) is 0 Å². The molecule has 1 atom stereocenters. The molecule has 0 saturated carbocycles. The molecule has 1 fully saturated rings. The molecule has 1 heterocycles. The number of hydrogen-bond donors (Lipinski definition) is 1. The first-order valence-corrected chi connectivity index (χ1v) is 6.74. The average molecular weight is 221 g/mol. The van der Waals surface area contributed by atoms with Crippen molar-refractivity contribution < 1.29 is 0 Å². The van der Waals surface area contributed by atoms with E-state index in [1.807, 2.05) is 11.8 Å². The smallest absolute Gasteiger partial charge is 0.0101 e. The largest absolute Gasteiger partial charge is 0.316 e. The Bertz CT molecular complexity index is 305. The zero-order chi connectivity index (χ0) is 10.5. The van der Waals surface area contributed by atoms with Gasteiger partial charge in [-0.25, -0.2) is 0 Å². The number of aryl methyl sites for hydroxylation is 1. The Morgan fingerprint density at radius 1 is 1.40 bits per heavy atom. The monoisotopic (exact) mass is 221 g/mol. The SMILES string of the molecule is Cc1ccccc1SCCC1CCNC1. The number of rotatable bonds is 4. The molecular formula is C13H19NS. The maximum Gasteiger partial charge on any atom is 0.0101 e. The molecule has 2 rings (SSSR count). The van der Waals surface area contributed by atoms with Gasteiger partial charge in [0.25, 0.3) is 0 Å². The molecule has 1 N–H and O–H groups in total. The third kappa shape index (κ3) is 3.25. The number of thioether (sulfide) groups is 1. The van der Waals surface area contributed by atoms with Crippen molar-refractivity contribution in [3.63, 3.8) is 0 Å². The van der Waals surface area contributed by atoms with Gasteiger partial charge in [-0.3, -0.25) is 0 Å². The summed E-state index contributed by atoms with van der Waals surface area (Å²) in [5.41, 5.74) is 1.41. The van der Waals surface area contributed by atoms with E-state index >= 15 is 0 Å². The van der Waals surface area contributed by atoms with Crippen LogP contribution in [0.2, 0.25) is 0 Å². The minimum atomic E-state index is 0.918. The molecule has 0 aromatic heterocycles. The lowest BCUT2D eigenvalue weighted by molar-refractivity contribution is 0.568.